The van der Waals surface area contributed by atoms with Crippen LogP contribution in [0.5, 0.6) is 17.2 Å². The van der Waals surface area contributed by atoms with Crippen LogP contribution in [0.25, 0.3) is 0 Å². The molecule has 0 bridgehead atoms. The van der Waals surface area contributed by atoms with Gasteiger partial charge < -0.3 is 14.2 Å². The van der Waals surface area contributed by atoms with Crippen LogP contribution in [-0.2, 0) is 4.79 Å². The maximum absolute atomic E-state index is 12.0. The monoisotopic (exact) mass is 420 g/mol. The highest BCUT2D eigenvalue weighted by Gasteiger charge is 2.10. The lowest BCUT2D eigenvalue weighted by Gasteiger charge is -2.12. The van der Waals surface area contributed by atoms with E-state index < -0.39 is 0 Å². The molecule has 2 aromatic rings. The first-order valence-corrected chi connectivity index (χ1v) is 9.65. The molecule has 5 heteroatoms. The molecule has 2 rings (SSSR count). The van der Waals surface area contributed by atoms with Crippen LogP contribution < -0.4 is 14.2 Å². The SMILES string of the molecule is CCOc1ccccc1OC(=O)CCCOc1ccc(C(C)C)cc1Br. The van der Waals surface area contributed by atoms with E-state index in [9.17, 15) is 4.79 Å². The summed E-state index contributed by atoms with van der Waals surface area (Å²) in [6, 6.07) is 13.3. The van der Waals surface area contributed by atoms with E-state index in [1.54, 1.807) is 12.1 Å². The molecule has 0 amide bonds. The van der Waals surface area contributed by atoms with Crippen molar-refractivity contribution in [2.75, 3.05) is 13.2 Å². The molecule has 0 atom stereocenters. The van der Waals surface area contributed by atoms with Gasteiger partial charge in [-0.05, 0) is 65.0 Å². The Balaban J connectivity index is 1.79. The van der Waals surface area contributed by atoms with Crippen molar-refractivity contribution in [3.8, 4) is 17.2 Å². The topological polar surface area (TPSA) is 44.8 Å². The number of ether oxygens (including phenoxy) is 3. The average molecular weight is 421 g/mol. The van der Waals surface area contributed by atoms with Gasteiger partial charge in [0.1, 0.15) is 5.75 Å². The molecule has 26 heavy (non-hydrogen) atoms. The summed E-state index contributed by atoms with van der Waals surface area (Å²) in [5.41, 5.74) is 1.25. The van der Waals surface area contributed by atoms with Crippen LogP contribution in [0, 0.1) is 0 Å². The molecule has 0 unspecified atom stereocenters. The Kier molecular flexibility index (Phi) is 7.98. The highest BCUT2D eigenvalue weighted by Crippen LogP contribution is 2.29. The number of para-hydroxylation sites is 2. The summed E-state index contributed by atoms with van der Waals surface area (Å²) in [6.45, 7) is 7.16. The minimum absolute atomic E-state index is 0.280. The molecule has 0 saturated heterocycles. The first kappa shape index (κ1) is 20.3. The number of halogens is 1. The lowest BCUT2D eigenvalue weighted by atomic mass is 10.0. The fourth-order valence-electron chi connectivity index (χ4n) is 2.37. The third kappa shape index (κ3) is 6.06. The van der Waals surface area contributed by atoms with Crippen molar-refractivity contribution in [1.29, 1.82) is 0 Å². The Morgan fingerprint density at radius 3 is 2.42 bits per heavy atom. The molecule has 0 aliphatic heterocycles. The van der Waals surface area contributed by atoms with Crippen molar-refractivity contribution in [3.05, 3.63) is 52.5 Å². The summed E-state index contributed by atoms with van der Waals surface area (Å²) < 4.78 is 17.5. The van der Waals surface area contributed by atoms with Crippen molar-refractivity contribution >= 4 is 21.9 Å². The minimum Gasteiger partial charge on any atom is -0.492 e. The van der Waals surface area contributed by atoms with E-state index in [4.69, 9.17) is 14.2 Å². The van der Waals surface area contributed by atoms with E-state index in [-0.39, 0.29) is 12.4 Å². The van der Waals surface area contributed by atoms with Gasteiger partial charge in [0.15, 0.2) is 11.5 Å². The molecule has 0 aromatic heterocycles. The number of esters is 1. The zero-order valence-corrected chi connectivity index (χ0v) is 17.0. The van der Waals surface area contributed by atoms with Crippen molar-refractivity contribution < 1.29 is 19.0 Å². The third-order valence-corrected chi connectivity index (χ3v) is 4.40. The molecule has 0 spiro atoms. The number of hydrogen-bond donors (Lipinski definition) is 0. The molecule has 2 aromatic carbocycles. The van der Waals surface area contributed by atoms with Gasteiger partial charge in [0, 0.05) is 6.42 Å². The Hall–Kier alpha value is -2.01. The normalized spacial score (nSPS) is 10.7. The second-order valence-electron chi connectivity index (χ2n) is 6.15. The quantitative estimate of drug-likeness (QED) is 0.295. The van der Waals surface area contributed by atoms with Gasteiger partial charge in [-0.2, -0.15) is 0 Å². The molecule has 4 nitrogen and oxygen atoms in total. The first-order valence-electron chi connectivity index (χ1n) is 8.86. The molecule has 0 aliphatic carbocycles. The van der Waals surface area contributed by atoms with Crippen molar-refractivity contribution in [2.24, 2.45) is 0 Å². The molecule has 0 radical (unpaired) electrons. The zero-order valence-electron chi connectivity index (χ0n) is 15.5. The van der Waals surface area contributed by atoms with E-state index >= 15 is 0 Å². The zero-order chi connectivity index (χ0) is 18.9. The second-order valence-corrected chi connectivity index (χ2v) is 7.00. The van der Waals surface area contributed by atoms with Gasteiger partial charge in [-0.15, -0.1) is 0 Å². The molecular weight excluding hydrogens is 396 g/mol. The summed E-state index contributed by atoms with van der Waals surface area (Å²) in [5.74, 6) is 1.98. The molecule has 0 fully saturated rings. The Morgan fingerprint density at radius 2 is 1.77 bits per heavy atom. The Morgan fingerprint density at radius 1 is 1.04 bits per heavy atom. The largest absolute Gasteiger partial charge is 0.492 e. The summed E-state index contributed by atoms with van der Waals surface area (Å²) in [7, 11) is 0. The fraction of sp³-hybridized carbons (Fsp3) is 0.381. The number of rotatable bonds is 9. The maximum Gasteiger partial charge on any atom is 0.311 e. The van der Waals surface area contributed by atoms with E-state index in [1.165, 1.54) is 5.56 Å². The number of benzene rings is 2. The summed E-state index contributed by atoms with van der Waals surface area (Å²) in [4.78, 5) is 12.0. The lowest BCUT2D eigenvalue weighted by molar-refractivity contribution is -0.134. The molecule has 0 heterocycles. The number of hydrogen-bond acceptors (Lipinski definition) is 4. The van der Waals surface area contributed by atoms with Crippen LogP contribution in [0.15, 0.2) is 46.9 Å². The molecule has 0 saturated carbocycles. The van der Waals surface area contributed by atoms with Crippen LogP contribution in [0.3, 0.4) is 0 Å². The highest BCUT2D eigenvalue weighted by molar-refractivity contribution is 9.10. The van der Waals surface area contributed by atoms with E-state index in [1.807, 2.05) is 25.1 Å². The van der Waals surface area contributed by atoms with Crippen LogP contribution in [0.4, 0.5) is 0 Å². The standard InChI is InChI=1S/C21H25BrO4/c1-4-24-19-8-5-6-9-20(19)26-21(23)10-7-13-25-18-12-11-16(15(2)3)14-17(18)22/h5-6,8-9,11-12,14-15H,4,7,10,13H2,1-3H3. The van der Waals surface area contributed by atoms with Crippen molar-refractivity contribution in [3.63, 3.8) is 0 Å². The highest BCUT2D eigenvalue weighted by atomic mass is 79.9. The van der Waals surface area contributed by atoms with Gasteiger partial charge in [0.25, 0.3) is 0 Å². The summed E-state index contributed by atoms with van der Waals surface area (Å²) in [6.07, 6.45) is 0.857. The molecule has 0 N–H and O–H groups in total. The third-order valence-electron chi connectivity index (χ3n) is 3.78. The predicted octanol–water partition coefficient (Wildman–Crippen LogP) is 5.74. The fourth-order valence-corrected chi connectivity index (χ4v) is 2.89. The molecular formula is C21H25BrO4. The van der Waals surface area contributed by atoms with Gasteiger partial charge in [-0.1, -0.05) is 32.0 Å². The van der Waals surface area contributed by atoms with E-state index in [2.05, 4.69) is 41.9 Å². The van der Waals surface area contributed by atoms with E-state index in [0.29, 0.717) is 37.1 Å². The van der Waals surface area contributed by atoms with Crippen molar-refractivity contribution in [1.82, 2.24) is 0 Å². The molecule has 0 aliphatic rings. The predicted molar refractivity (Wildman–Crippen MR) is 106 cm³/mol. The van der Waals surface area contributed by atoms with Crippen LogP contribution in [0.1, 0.15) is 45.1 Å². The Labute approximate surface area is 163 Å². The van der Waals surface area contributed by atoms with Crippen molar-refractivity contribution in [2.45, 2.75) is 39.5 Å². The minimum atomic E-state index is -0.296. The van der Waals surface area contributed by atoms with Gasteiger partial charge in [0.2, 0.25) is 0 Å². The summed E-state index contributed by atoms with van der Waals surface area (Å²) >= 11 is 3.53. The van der Waals surface area contributed by atoms with Gasteiger partial charge in [0.05, 0.1) is 17.7 Å². The maximum atomic E-state index is 12.0. The van der Waals surface area contributed by atoms with Crippen LogP contribution in [-0.4, -0.2) is 19.2 Å². The smallest absolute Gasteiger partial charge is 0.311 e. The van der Waals surface area contributed by atoms with E-state index in [0.717, 1.165) is 10.2 Å². The number of carbonyl (C=O) groups is 1. The van der Waals surface area contributed by atoms with Crippen LogP contribution in [0.2, 0.25) is 0 Å². The summed E-state index contributed by atoms with van der Waals surface area (Å²) in [5, 5.41) is 0. The molecule has 140 valence electrons. The number of carbonyl (C=O) groups excluding carboxylic acids is 1. The van der Waals surface area contributed by atoms with Gasteiger partial charge in [-0.25, -0.2) is 0 Å². The van der Waals surface area contributed by atoms with Crippen LogP contribution >= 0.6 is 15.9 Å². The first-order chi connectivity index (χ1) is 12.5. The lowest BCUT2D eigenvalue weighted by Crippen LogP contribution is -2.11. The second kappa shape index (κ2) is 10.2. The average Bonchev–Trinajstić information content (AvgIpc) is 2.61. The van der Waals surface area contributed by atoms with Gasteiger partial charge in [-0.3, -0.25) is 4.79 Å². The van der Waals surface area contributed by atoms with Gasteiger partial charge >= 0.3 is 5.97 Å². The Bertz CT molecular complexity index is 728.